The van der Waals surface area contributed by atoms with Crippen LogP contribution in [0.3, 0.4) is 0 Å². The molecule has 0 spiro atoms. The molecule has 1 aliphatic heterocycles. The van der Waals surface area contributed by atoms with Crippen LogP contribution >= 0.6 is 0 Å². The van der Waals surface area contributed by atoms with Gasteiger partial charge in [-0.2, -0.15) is 5.10 Å². The lowest BCUT2D eigenvalue weighted by atomic mass is 9.94. The first-order chi connectivity index (χ1) is 10.6. The number of carbonyl (C=O) groups is 1. The summed E-state index contributed by atoms with van der Waals surface area (Å²) in [5, 5.41) is 7.08. The Morgan fingerprint density at radius 3 is 2.91 bits per heavy atom. The maximum Gasteiger partial charge on any atom is 0.255 e. The van der Waals surface area contributed by atoms with Crippen molar-refractivity contribution in [3.63, 3.8) is 0 Å². The smallest absolute Gasteiger partial charge is 0.255 e. The number of piperidine rings is 1. The lowest BCUT2D eigenvalue weighted by Crippen LogP contribution is -2.39. The molecule has 118 valence electrons. The van der Waals surface area contributed by atoms with E-state index in [1.807, 2.05) is 24.0 Å². The third kappa shape index (κ3) is 2.56. The number of nitrogens with one attached hydrogen (secondary N) is 1. The average molecular weight is 300 g/mol. The SMILES string of the molecule is CCn1c(C)cc(C(=O)N2CCCC(c3ccn[nH]3)C2)c1C. The largest absolute Gasteiger partial charge is 0.349 e. The normalized spacial score (nSPS) is 18.7. The van der Waals surface area contributed by atoms with Gasteiger partial charge in [-0.05, 0) is 45.7 Å². The Kier molecular flexibility index (Phi) is 4.05. The van der Waals surface area contributed by atoms with Crippen molar-refractivity contribution in [1.82, 2.24) is 19.7 Å². The van der Waals surface area contributed by atoms with Crippen LogP contribution in [0.15, 0.2) is 18.3 Å². The summed E-state index contributed by atoms with van der Waals surface area (Å²) < 4.78 is 2.20. The van der Waals surface area contributed by atoms with Crippen molar-refractivity contribution >= 4 is 5.91 Å². The monoisotopic (exact) mass is 300 g/mol. The minimum atomic E-state index is 0.164. The number of H-pyrrole nitrogens is 1. The number of aromatic amines is 1. The second-order valence-corrected chi connectivity index (χ2v) is 6.13. The molecule has 0 bridgehead atoms. The van der Waals surface area contributed by atoms with Gasteiger partial charge in [-0.3, -0.25) is 9.89 Å². The first kappa shape index (κ1) is 14.9. The van der Waals surface area contributed by atoms with Crippen LogP contribution in [0, 0.1) is 13.8 Å². The standard InChI is InChI=1S/C17H24N4O/c1-4-21-12(2)10-15(13(21)3)17(22)20-9-5-6-14(11-20)16-7-8-18-19-16/h7-8,10,14H,4-6,9,11H2,1-3H3,(H,18,19). The molecule has 0 aliphatic carbocycles. The molecule has 5 heteroatoms. The first-order valence-corrected chi connectivity index (χ1v) is 8.07. The predicted molar refractivity (Wildman–Crippen MR) is 86.0 cm³/mol. The summed E-state index contributed by atoms with van der Waals surface area (Å²) in [7, 11) is 0. The summed E-state index contributed by atoms with van der Waals surface area (Å²) in [6.45, 7) is 8.75. The maximum absolute atomic E-state index is 12.9. The van der Waals surface area contributed by atoms with E-state index in [4.69, 9.17) is 0 Å². The molecule has 1 N–H and O–H groups in total. The summed E-state index contributed by atoms with van der Waals surface area (Å²) in [6.07, 6.45) is 3.94. The molecule has 2 aromatic rings. The van der Waals surface area contributed by atoms with Crippen LogP contribution < -0.4 is 0 Å². The fourth-order valence-corrected chi connectivity index (χ4v) is 3.58. The summed E-state index contributed by atoms with van der Waals surface area (Å²) >= 11 is 0. The molecule has 1 aliphatic rings. The number of amides is 1. The van der Waals surface area contributed by atoms with Gasteiger partial charge in [0.25, 0.3) is 5.91 Å². The topological polar surface area (TPSA) is 53.9 Å². The Balaban J connectivity index is 1.80. The van der Waals surface area contributed by atoms with E-state index in [-0.39, 0.29) is 5.91 Å². The molecular weight excluding hydrogens is 276 g/mol. The fourth-order valence-electron chi connectivity index (χ4n) is 3.58. The minimum Gasteiger partial charge on any atom is -0.349 e. The van der Waals surface area contributed by atoms with Gasteiger partial charge in [-0.15, -0.1) is 0 Å². The number of nitrogens with zero attached hydrogens (tertiary/aromatic N) is 3. The molecule has 0 radical (unpaired) electrons. The van der Waals surface area contributed by atoms with Crippen LogP contribution in [0.5, 0.6) is 0 Å². The highest BCUT2D eigenvalue weighted by molar-refractivity contribution is 5.95. The molecular formula is C17H24N4O. The van der Waals surface area contributed by atoms with Crippen molar-refractivity contribution in [3.8, 4) is 0 Å². The van der Waals surface area contributed by atoms with Crippen LogP contribution in [-0.2, 0) is 6.54 Å². The lowest BCUT2D eigenvalue weighted by Gasteiger charge is -2.32. The zero-order chi connectivity index (χ0) is 15.7. The molecule has 1 saturated heterocycles. The molecule has 1 fully saturated rings. The van der Waals surface area contributed by atoms with Gasteiger partial charge in [0.2, 0.25) is 0 Å². The zero-order valence-electron chi connectivity index (χ0n) is 13.6. The van der Waals surface area contributed by atoms with Crippen molar-refractivity contribution in [2.75, 3.05) is 13.1 Å². The highest BCUT2D eigenvalue weighted by Gasteiger charge is 2.28. The van der Waals surface area contributed by atoms with Gasteiger partial charge in [0, 0.05) is 48.8 Å². The van der Waals surface area contributed by atoms with E-state index < -0.39 is 0 Å². The molecule has 1 atom stereocenters. The van der Waals surface area contributed by atoms with Crippen LogP contribution in [0.1, 0.15) is 53.1 Å². The fraction of sp³-hybridized carbons (Fsp3) is 0.529. The highest BCUT2D eigenvalue weighted by atomic mass is 16.2. The van der Waals surface area contributed by atoms with Crippen molar-refractivity contribution in [2.45, 2.75) is 46.1 Å². The molecule has 3 rings (SSSR count). The van der Waals surface area contributed by atoms with E-state index in [1.165, 1.54) is 0 Å². The highest BCUT2D eigenvalue weighted by Crippen LogP contribution is 2.27. The van der Waals surface area contributed by atoms with E-state index in [2.05, 4.69) is 28.6 Å². The first-order valence-electron chi connectivity index (χ1n) is 8.07. The lowest BCUT2D eigenvalue weighted by molar-refractivity contribution is 0.0705. The third-order valence-electron chi connectivity index (χ3n) is 4.79. The van der Waals surface area contributed by atoms with E-state index in [9.17, 15) is 4.79 Å². The van der Waals surface area contributed by atoms with E-state index in [0.717, 1.165) is 55.1 Å². The zero-order valence-corrected chi connectivity index (χ0v) is 13.6. The molecule has 3 heterocycles. The quantitative estimate of drug-likeness (QED) is 0.947. The average Bonchev–Trinajstić information content (AvgIpc) is 3.15. The number of rotatable bonds is 3. The Morgan fingerprint density at radius 2 is 2.27 bits per heavy atom. The predicted octanol–water partition coefficient (Wildman–Crippen LogP) is 2.87. The number of aromatic nitrogens is 3. The molecule has 2 aromatic heterocycles. The maximum atomic E-state index is 12.9. The summed E-state index contributed by atoms with van der Waals surface area (Å²) in [5.41, 5.74) is 4.22. The van der Waals surface area contributed by atoms with Crippen LogP contribution in [0.25, 0.3) is 0 Å². The Bertz CT molecular complexity index is 657. The van der Waals surface area contributed by atoms with Gasteiger partial charge >= 0.3 is 0 Å². The molecule has 1 unspecified atom stereocenters. The molecule has 0 saturated carbocycles. The van der Waals surface area contributed by atoms with Gasteiger partial charge < -0.3 is 9.47 Å². The van der Waals surface area contributed by atoms with Crippen molar-refractivity contribution < 1.29 is 4.79 Å². The van der Waals surface area contributed by atoms with Gasteiger partial charge in [0.1, 0.15) is 0 Å². The number of likely N-dealkylation sites (tertiary alicyclic amines) is 1. The van der Waals surface area contributed by atoms with Crippen LogP contribution in [-0.4, -0.2) is 38.7 Å². The molecule has 22 heavy (non-hydrogen) atoms. The number of hydrogen-bond acceptors (Lipinski definition) is 2. The molecule has 5 nitrogen and oxygen atoms in total. The molecule has 1 amide bonds. The second kappa shape index (κ2) is 5.99. The van der Waals surface area contributed by atoms with Crippen molar-refractivity contribution in [3.05, 3.63) is 41.0 Å². The van der Waals surface area contributed by atoms with E-state index >= 15 is 0 Å². The van der Waals surface area contributed by atoms with Crippen molar-refractivity contribution in [1.29, 1.82) is 0 Å². The van der Waals surface area contributed by atoms with E-state index in [0.29, 0.717) is 5.92 Å². The summed E-state index contributed by atoms with van der Waals surface area (Å²) in [4.78, 5) is 14.9. The minimum absolute atomic E-state index is 0.164. The second-order valence-electron chi connectivity index (χ2n) is 6.13. The van der Waals surface area contributed by atoms with Crippen LogP contribution in [0.2, 0.25) is 0 Å². The van der Waals surface area contributed by atoms with Crippen LogP contribution in [0.4, 0.5) is 0 Å². The van der Waals surface area contributed by atoms with Gasteiger partial charge in [0.15, 0.2) is 0 Å². The number of aryl methyl sites for hydroxylation is 1. The summed E-state index contributed by atoms with van der Waals surface area (Å²) in [6, 6.07) is 4.04. The Labute approximate surface area is 131 Å². The van der Waals surface area contributed by atoms with Gasteiger partial charge in [-0.1, -0.05) is 0 Å². The van der Waals surface area contributed by atoms with Gasteiger partial charge in [0.05, 0.1) is 5.56 Å². The third-order valence-corrected chi connectivity index (χ3v) is 4.79. The Morgan fingerprint density at radius 1 is 1.45 bits per heavy atom. The van der Waals surface area contributed by atoms with Crippen molar-refractivity contribution in [2.24, 2.45) is 0 Å². The number of hydrogen-bond donors (Lipinski definition) is 1. The summed E-state index contributed by atoms with van der Waals surface area (Å²) in [5.74, 6) is 0.534. The Hall–Kier alpha value is -2.04. The van der Waals surface area contributed by atoms with Gasteiger partial charge in [-0.25, -0.2) is 0 Å². The number of carbonyl (C=O) groups excluding carboxylic acids is 1. The molecule has 0 aromatic carbocycles. The van der Waals surface area contributed by atoms with E-state index in [1.54, 1.807) is 6.20 Å².